The summed E-state index contributed by atoms with van der Waals surface area (Å²) in [5.74, 6) is 0.719. The standard InChI is InChI=1S/C15H31N5O4S/c1-4-16-14(17-9-6-10-18-25(3,22)23)19-13-7-11-20(12-8-13)15(21)24-5-2/h13,18H,4-12H2,1-3H3,(H2,16,17,19). The van der Waals surface area contributed by atoms with Crippen molar-refractivity contribution in [3.63, 3.8) is 0 Å². The minimum Gasteiger partial charge on any atom is -0.450 e. The average molecular weight is 378 g/mol. The van der Waals surface area contributed by atoms with Crippen LogP contribution in [0.5, 0.6) is 0 Å². The first-order valence-corrected chi connectivity index (χ1v) is 10.7. The molecule has 0 bridgehead atoms. The Hall–Kier alpha value is -1.55. The summed E-state index contributed by atoms with van der Waals surface area (Å²) >= 11 is 0. The van der Waals surface area contributed by atoms with E-state index in [4.69, 9.17) is 4.74 Å². The van der Waals surface area contributed by atoms with E-state index >= 15 is 0 Å². The molecule has 9 nitrogen and oxygen atoms in total. The molecule has 0 radical (unpaired) electrons. The third-order valence-electron chi connectivity index (χ3n) is 3.68. The van der Waals surface area contributed by atoms with Crippen molar-refractivity contribution in [1.82, 2.24) is 20.3 Å². The lowest BCUT2D eigenvalue weighted by atomic mass is 10.1. The normalized spacial score (nSPS) is 16.6. The molecule has 0 atom stereocenters. The number of likely N-dealkylation sites (tertiary alicyclic amines) is 1. The molecule has 3 N–H and O–H groups in total. The van der Waals surface area contributed by atoms with Crippen LogP contribution in [0.2, 0.25) is 0 Å². The first-order valence-electron chi connectivity index (χ1n) is 8.77. The highest BCUT2D eigenvalue weighted by atomic mass is 32.2. The average Bonchev–Trinajstić information content (AvgIpc) is 2.54. The van der Waals surface area contributed by atoms with Crippen molar-refractivity contribution in [2.45, 2.75) is 39.2 Å². The number of sulfonamides is 1. The Morgan fingerprint density at radius 2 is 1.96 bits per heavy atom. The molecule has 0 spiro atoms. The number of rotatable bonds is 8. The van der Waals surface area contributed by atoms with Gasteiger partial charge in [0.05, 0.1) is 12.9 Å². The largest absolute Gasteiger partial charge is 0.450 e. The van der Waals surface area contributed by atoms with Crippen molar-refractivity contribution in [3.05, 3.63) is 0 Å². The number of nitrogens with zero attached hydrogens (tertiary/aromatic N) is 2. The van der Waals surface area contributed by atoms with E-state index in [0.29, 0.717) is 39.2 Å². The van der Waals surface area contributed by atoms with Crippen LogP contribution < -0.4 is 15.4 Å². The Bertz CT molecular complexity index is 530. The van der Waals surface area contributed by atoms with Crippen molar-refractivity contribution in [2.24, 2.45) is 4.99 Å². The molecule has 10 heteroatoms. The number of ether oxygens (including phenoxy) is 1. The Balaban J connectivity index is 2.37. The Kier molecular flexibility index (Phi) is 9.58. The monoisotopic (exact) mass is 377 g/mol. The number of carbonyl (C=O) groups is 1. The van der Waals surface area contributed by atoms with Gasteiger partial charge < -0.3 is 20.3 Å². The maximum absolute atomic E-state index is 11.7. The molecule has 1 aliphatic heterocycles. The fourth-order valence-electron chi connectivity index (χ4n) is 2.46. The van der Waals surface area contributed by atoms with E-state index < -0.39 is 10.0 Å². The molecular formula is C15H31N5O4S. The molecule has 1 rings (SSSR count). The molecule has 146 valence electrons. The Labute approximate surface area is 150 Å². The zero-order chi connectivity index (χ0) is 18.7. The smallest absolute Gasteiger partial charge is 0.409 e. The molecule has 0 aromatic carbocycles. The number of aliphatic imine (C=N–C) groups is 1. The third kappa shape index (κ3) is 9.49. The predicted molar refractivity (Wildman–Crippen MR) is 98.2 cm³/mol. The van der Waals surface area contributed by atoms with Gasteiger partial charge in [0.15, 0.2) is 5.96 Å². The summed E-state index contributed by atoms with van der Waals surface area (Å²) in [6.07, 6.45) is 3.19. The number of guanidine groups is 1. The molecule has 0 saturated carbocycles. The van der Waals surface area contributed by atoms with Gasteiger partial charge in [0.1, 0.15) is 0 Å². The van der Waals surface area contributed by atoms with Crippen LogP contribution in [0.15, 0.2) is 4.99 Å². The highest BCUT2D eigenvalue weighted by Gasteiger charge is 2.23. The predicted octanol–water partition coefficient (Wildman–Crippen LogP) is 0.102. The summed E-state index contributed by atoms with van der Waals surface area (Å²) in [6.45, 7) is 7.15. The van der Waals surface area contributed by atoms with Crippen LogP contribution in [0.3, 0.4) is 0 Å². The molecule has 25 heavy (non-hydrogen) atoms. The van der Waals surface area contributed by atoms with Gasteiger partial charge in [-0.05, 0) is 33.1 Å². The second-order valence-electron chi connectivity index (χ2n) is 5.89. The van der Waals surface area contributed by atoms with E-state index in [1.807, 2.05) is 6.92 Å². The topological polar surface area (TPSA) is 112 Å². The summed E-state index contributed by atoms with van der Waals surface area (Å²) in [6, 6.07) is 0.248. The summed E-state index contributed by atoms with van der Waals surface area (Å²) in [7, 11) is -3.15. The summed E-state index contributed by atoms with van der Waals surface area (Å²) in [5, 5.41) is 6.56. The van der Waals surface area contributed by atoms with Crippen LogP contribution in [0.4, 0.5) is 4.79 Å². The zero-order valence-corrected chi connectivity index (χ0v) is 16.2. The van der Waals surface area contributed by atoms with Crippen LogP contribution >= 0.6 is 0 Å². The first kappa shape index (κ1) is 21.5. The molecule has 1 amide bonds. The summed E-state index contributed by atoms with van der Waals surface area (Å²) in [4.78, 5) is 17.9. The lowest BCUT2D eigenvalue weighted by molar-refractivity contribution is 0.0963. The summed E-state index contributed by atoms with van der Waals surface area (Å²) in [5.41, 5.74) is 0. The molecule has 0 unspecified atom stereocenters. The van der Waals surface area contributed by atoms with Gasteiger partial charge >= 0.3 is 6.09 Å². The molecule has 0 aliphatic carbocycles. The molecule has 1 saturated heterocycles. The maximum Gasteiger partial charge on any atom is 0.409 e. The molecule has 0 aromatic rings. The molecular weight excluding hydrogens is 346 g/mol. The SMILES string of the molecule is CCNC(=NCCCNS(C)(=O)=O)NC1CCN(C(=O)OCC)CC1. The van der Waals surface area contributed by atoms with Crippen molar-refractivity contribution in [2.75, 3.05) is 45.6 Å². The number of amides is 1. The summed E-state index contributed by atoms with van der Waals surface area (Å²) < 4.78 is 29.5. The van der Waals surface area contributed by atoms with Gasteiger partial charge in [0.2, 0.25) is 10.0 Å². The number of hydrogen-bond acceptors (Lipinski definition) is 5. The highest BCUT2D eigenvalue weighted by molar-refractivity contribution is 7.88. The van der Waals surface area contributed by atoms with Crippen molar-refractivity contribution in [1.29, 1.82) is 0 Å². The number of hydrogen-bond donors (Lipinski definition) is 3. The minimum absolute atomic E-state index is 0.248. The Morgan fingerprint density at radius 1 is 1.28 bits per heavy atom. The van der Waals surface area contributed by atoms with Gasteiger partial charge in [-0.1, -0.05) is 0 Å². The zero-order valence-electron chi connectivity index (χ0n) is 15.4. The molecule has 0 aromatic heterocycles. The van der Waals surface area contributed by atoms with Gasteiger partial charge in [-0.25, -0.2) is 17.9 Å². The van der Waals surface area contributed by atoms with Crippen LogP contribution in [0.25, 0.3) is 0 Å². The van der Waals surface area contributed by atoms with Crippen molar-refractivity contribution < 1.29 is 17.9 Å². The van der Waals surface area contributed by atoms with Gasteiger partial charge in [-0.3, -0.25) is 4.99 Å². The van der Waals surface area contributed by atoms with Gasteiger partial charge in [0.25, 0.3) is 0 Å². The maximum atomic E-state index is 11.7. The Morgan fingerprint density at radius 3 is 2.52 bits per heavy atom. The van der Waals surface area contributed by atoms with E-state index in [2.05, 4.69) is 20.3 Å². The second-order valence-corrected chi connectivity index (χ2v) is 7.72. The first-order chi connectivity index (χ1) is 11.9. The lowest BCUT2D eigenvalue weighted by Crippen LogP contribution is -2.50. The number of piperidine rings is 1. The van der Waals surface area contributed by atoms with Crippen LogP contribution in [0, 0.1) is 0 Å². The molecule has 1 heterocycles. The fourth-order valence-corrected chi connectivity index (χ4v) is 2.98. The highest BCUT2D eigenvalue weighted by Crippen LogP contribution is 2.11. The second kappa shape index (κ2) is 11.1. The number of carbonyl (C=O) groups excluding carboxylic acids is 1. The lowest BCUT2D eigenvalue weighted by Gasteiger charge is -2.32. The minimum atomic E-state index is -3.15. The quantitative estimate of drug-likeness (QED) is 0.314. The van der Waals surface area contributed by atoms with Gasteiger partial charge in [-0.2, -0.15) is 0 Å². The van der Waals surface area contributed by atoms with Crippen LogP contribution in [-0.2, 0) is 14.8 Å². The van der Waals surface area contributed by atoms with E-state index in [1.54, 1.807) is 11.8 Å². The molecule has 1 aliphatic rings. The van der Waals surface area contributed by atoms with Crippen LogP contribution in [0.1, 0.15) is 33.1 Å². The van der Waals surface area contributed by atoms with E-state index in [0.717, 1.165) is 31.6 Å². The van der Waals surface area contributed by atoms with Crippen molar-refractivity contribution >= 4 is 22.1 Å². The van der Waals surface area contributed by atoms with Crippen LogP contribution in [-0.4, -0.2) is 77.0 Å². The van der Waals surface area contributed by atoms with E-state index in [1.165, 1.54) is 0 Å². The number of nitrogens with one attached hydrogen (secondary N) is 3. The van der Waals surface area contributed by atoms with E-state index in [9.17, 15) is 13.2 Å². The van der Waals surface area contributed by atoms with Gasteiger partial charge in [-0.15, -0.1) is 0 Å². The van der Waals surface area contributed by atoms with E-state index in [-0.39, 0.29) is 12.1 Å². The molecule has 1 fully saturated rings. The van der Waals surface area contributed by atoms with Gasteiger partial charge in [0, 0.05) is 38.8 Å². The third-order valence-corrected chi connectivity index (χ3v) is 4.40. The fraction of sp³-hybridized carbons (Fsp3) is 0.867. The van der Waals surface area contributed by atoms with Crippen molar-refractivity contribution in [3.8, 4) is 0 Å².